The maximum Gasteiger partial charge on any atom is 0.0341 e. The van der Waals surface area contributed by atoms with E-state index in [9.17, 15) is 0 Å². The summed E-state index contributed by atoms with van der Waals surface area (Å²) in [6.07, 6.45) is 4.06. The number of nitrogens with one attached hydrogen (secondary N) is 1. The Morgan fingerprint density at radius 1 is 1.31 bits per heavy atom. The third-order valence-electron chi connectivity index (χ3n) is 3.31. The topological polar surface area (TPSA) is 15.3 Å². The molecule has 16 heavy (non-hydrogen) atoms. The molecule has 1 aromatic rings. The van der Waals surface area contributed by atoms with Crippen LogP contribution in [0.25, 0.3) is 0 Å². The number of hydrogen-bond acceptors (Lipinski definition) is 2. The van der Waals surface area contributed by atoms with Gasteiger partial charge >= 0.3 is 0 Å². The third kappa shape index (κ3) is 3.35. The van der Waals surface area contributed by atoms with Crippen molar-refractivity contribution in [3.8, 4) is 0 Å². The lowest BCUT2D eigenvalue weighted by molar-refractivity contribution is 0.194. The van der Waals surface area contributed by atoms with Crippen LogP contribution < -0.4 is 5.32 Å². The molecule has 0 aliphatic carbocycles. The number of likely N-dealkylation sites (N-methyl/N-ethyl adjacent to an activating group) is 1. The van der Waals surface area contributed by atoms with Crippen LogP contribution in [0.5, 0.6) is 0 Å². The molecule has 0 spiro atoms. The zero-order valence-electron chi connectivity index (χ0n) is 9.75. The van der Waals surface area contributed by atoms with Crippen LogP contribution in [0.3, 0.4) is 0 Å². The minimum atomic E-state index is 0.702. The summed E-state index contributed by atoms with van der Waals surface area (Å²) in [5, 5.41) is 3.53. The molecule has 0 aromatic heterocycles. The van der Waals surface area contributed by atoms with Gasteiger partial charge in [0.1, 0.15) is 0 Å². The number of anilines is 1. The van der Waals surface area contributed by atoms with E-state index in [4.69, 9.17) is 0 Å². The van der Waals surface area contributed by atoms with Crippen molar-refractivity contribution >= 4 is 28.3 Å². The average Bonchev–Trinajstić information content (AvgIpc) is 2.30. The van der Waals surface area contributed by atoms with E-state index in [1.165, 1.54) is 35.1 Å². The van der Waals surface area contributed by atoms with Gasteiger partial charge in [0, 0.05) is 21.8 Å². The van der Waals surface area contributed by atoms with Crippen LogP contribution in [0.1, 0.15) is 19.3 Å². The summed E-state index contributed by atoms with van der Waals surface area (Å²) < 4.78 is 1.29. The fourth-order valence-corrected chi connectivity index (χ4v) is 2.57. The van der Waals surface area contributed by atoms with E-state index >= 15 is 0 Å². The molecular formula is C13H19IN2. The summed E-state index contributed by atoms with van der Waals surface area (Å²) >= 11 is 2.34. The van der Waals surface area contributed by atoms with Gasteiger partial charge in [0.15, 0.2) is 0 Å². The fourth-order valence-electron chi connectivity index (χ4n) is 2.21. The van der Waals surface area contributed by atoms with Crippen molar-refractivity contribution in [1.82, 2.24) is 4.90 Å². The molecule has 1 aliphatic rings. The van der Waals surface area contributed by atoms with Crippen molar-refractivity contribution in [3.05, 3.63) is 27.8 Å². The van der Waals surface area contributed by atoms with E-state index in [0.29, 0.717) is 6.04 Å². The largest absolute Gasteiger partial charge is 0.383 e. The molecule has 1 heterocycles. The first-order valence-electron chi connectivity index (χ1n) is 5.95. The maximum absolute atomic E-state index is 3.53. The molecule has 1 N–H and O–H groups in total. The van der Waals surface area contributed by atoms with Crippen molar-refractivity contribution in [2.75, 3.05) is 25.5 Å². The molecule has 3 heteroatoms. The van der Waals surface area contributed by atoms with Gasteiger partial charge in [0.25, 0.3) is 0 Å². The summed E-state index contributed by atoms with van der Waals surface area (Å²) in [5.74, 6) is 0. The number of benzene rings is 1. The number of halogens is 1. The Hall–Kier alpha value is -0.290. The molecular weight excluding hydrogens is 311 g/mol. The molecule has 0 bridgehead atoms. The fraction of sp³-hybridized carbons (Fsp3) is 0.538. The minimum Gasteiger partial charge on any atom is -0.383 e. The molecule has 0 saturated carbocycles. The lowest BCUT2D eigenvalue weighted by Gasteiger charge is -2.32. The zero-order valence-corrected chi connectivity index (χ0v) is 11.9. The molecule has 0 unspecified atom stereocenters. The first-order chi connectivity index (χ1) is 7.75. The van der Waals surface area contributed by atoms with Gasteiger partial charge < -0.3 is 10.2 Å². The van der Waals surface area contributed by atoms with Gasteiger partial charge in [-0.3, -0.25) is 0 Å². The predicted octanol–water partition coefficient (Wildman–Crippen LogP) is 3.19. The van der Waals surface area contributed by atoms with E-state index in [2.05, 4.69) is 64.1 Å². The lowest BCUT2D eigenvalue weighted by atomic mass is 10.0. The maximum atomic E-state index is 3.53. The first kappa shape index (κ1) is 12.2. The summed E-state index contributed by atoms with van der Waals surface area (Å²) in [6, 6.07) is 9.31. The smallest absolute Gasteiger partial charge is 0.0341 e. The second-order valence-electron chi connectivity index (χ2n) is 4.52. The summed E-state index contributed by atoms with van der Waals surface area (Å²) in [7, 11) is 2.24. The molecule has 0 amide bonds. The van der Waals surface area contributed by atoms with E-state index in [-0.39, 0.29) is 0 Å². The highest BCUT2D eigenvalue weighted by atomic mass is 127. The molecule has 1 aromatic carbocycles. The monoisotopic (exact) mass is 330 g/mol. The summed E-state index contributed by atoms with van der Waals surface area (Å²) in [6.45, 7) is 2.32. The Labute approximate surface area is 112 Å². The van der Waals surface area contributed by atoms with Crippen molar-refractivity contribution in [1.29, 1.82) is 0 Å². The van der Waals surface area contributed by atoms with Crippen LogP contribution in [-0.2, 0) is 0 Å². The number of rotatable bonds is 3. The Bertz CT molecular complexity index is 323. The molecule has 2 nitrogen and oxygen atoms in total. The second kappa shape index (κ2) is 5.87. The molecule has 1 atom stereocenters. The average molecular weight is 330 g/mol. The van der Waals surface area contributed by atoms with Gasteiger partial charge in [-0.05, 0) is 73.3 Å². The Morgan fingerprint density at radius 2 is 2.06 bits per heavy atom. The van der Waals surface area contributed by atoms with Crippen LogP contribution in [0.2, 0.25) is 0 Å². The van der Waals surface area contributed by atoms with E-state index in [1.54, 1.807) is 0 Å². The molecule has 1 fully saturated rings. The first-order valence-corrected chi connectivity index (χ1v) is 7.03. The molecule has 0 radical (unpaired) electrons. The third-order valence-corrected chi connectivity index (χ3v) is 4.03. The molecule has 88 valence electrons. The van der Waals surface area contributed by atoms with Gasteiger partial charge in [0.05, 0.1) is 0 Å². The van der Waals surface area contributed by atoms with Gasteiger partial charge in [0.2, 0.25) is 0 Å². The number of piperidine rings is 1. The Balaban J connectivity index is 1.84. The highest BCUT2D eigenvalue weighted by molar-refractivity contribution is 14.1. The van der Waals surface area contributed by atoms with Gasteiger partial charge in [-0.15, -0.1) is 0 Å². The molecule has 2 rings (SSSR count). The van der Waals surface area contributed by atoms with E-state index in [0.717, 1.165) is 6.54 Å². The van der Waals surface area contributed by atoms with Crippen molar-refractivity contribution in [3.63, 3.8) is 0 Å². The zero-order chi connectivity index (χ0) is 11.4. The molecule has 1 aliphatic heterocycles. The predicted molar refractivity (Wildman–Crippen MR) is 77.9 cm³/mol. The van der Waals surface area contributed by atoms with Crippen molar-refractivity contribution < 1.29 is 0 Å². The number of nitrogens with zero attached hydrogens (tertiary/aromatic N) is 1. The normalized spacial score (nSPS) is 22.0. The quantitative estimate of drug-likeness (QED) is 0.857. The lowest BCUT2D eigenvalue weighted by Crippen LogP contribution is -2.40. The second-order valence-corrected chi connectivity index (χ2v) is 5.76. The standard InChI is InChI=1S/C13H19IN2/c1-16-9-3-2-4-13(16)10-15-12-7-5-11(14)6-8-12/h5-8,13,15H,2-4,9-10H2,1H3/t13-/m1/s1. The van der Waals surface area contributed by atoms with Crippen molar-refractivity contribution in [2.45, 2.75) is 25.3 Å². The SMILES string of the molecule is CN1CCCC[C@@H]1CNc1ccc(I)cc1. The van der Waals surface area contributed by atoms with Gasteiger partial charge in [-0.2, -0.15) is 0 Å². The van der Waals surface area contributed by atoms with Crippen LogP contribution in [0.4, 0.5) is 5.69 Å². The number of hydrogen-bond donors (Lipinski definition) is 1. The summed E-state index contributed by atoms with van der Waals surface area (Å²) in [4.78, 5) is 2.48. The van der Waals surface area contributed by atoms with Crippen LogP contribution in [0, 0.1) is 3.57 Å². The van der Waals surface area contributed by atoms with Crippen LogP contribution >= 0.6 is 22.6 Å². The van der Waals surface area contributed by atoms with E-state index < -0.39 is 0 Å². The van der Waals surface area contributed by atoms with Gasteiger partial charge in [-0.1, -0.05) is 6.42 Å². The molecule has 1 saturated heterocycles. The van der Waals surface area contributed by atoms with Crippen LogP contribution in [-0.4, -0.2) is 31.1 Å². The summed E-state index contributed by atoms with van der Waals surface area (Å²) in [5.41, 5.74) is 1.24. The van der Waals surface area contributed by atoms with Crippen molar-refractivity contribution in [2.24, 2.45) is 0 Å². The highest BCUT2D eigenvalue weighted by Crippen LogP contribution is 2.16. The minimum absolute atomic E-state index is 0.702. The van der Waals surface area contributed by atoms with E-state index in [1.807, 2.05) is 0 Å². The van der Waals surface area contributed by atoms with Gasteiger partial charge in [-0.25, -0.2) is 0 Å². The Morgan fingerprint density at radius 3 is 2.75 bits per heavy atom. The Kier molecular flexibility index (Phi) is 4.46. The number of likely N-dealkylation sites (tertiary alicyclic amines) is 1. The van der Waals surface area contributed by atoms with Crippen LogP contribution in [0.15, 0.2) is 24.3 Å². The highest BCUT2D eigenvalue weighted by Gasteiger charge is 2.17.